The average Bonchev–Trinajstić information content (AvgIpc) is 3.54. The van der Waals surface area contributed by atoms with E-state index in [9.17, 15) is 14.0 Å². The summed E-state index contributed by atoms with van der Waals surface area (Å²) in [6.45, 7) is -0.0502. The second kappa shape index (κ2) is 7.38. The van der Waals surface area contributed by atoms with E-state index in [1.165, 1.54) is 54.9 Å². The van der Waals surface area contributed by atoms with Crippen molar-refractivity contribution in [1.82, 2.24) is 4.57 Å². The summed E-state index contributed by atoms with van der Waals surface area (Å²) >= 11 is 3.04. The summed E-state index contributed by atoms with van der Waals surface area (Å²) in [5.41, 5.74) is 0.512. The molecule has 3 aliphatic rings. The number of thiazole rings is 1. The number of benzene rings is 1. The molecule has 1 aliphatic heterocycles. The smallest absolute Gasteiger partial charge is 0.308 e. The first kappa shape index (κ1) is 19.4. The van der Waals surface area contributed by atoms with E-state index in [-0.39, 0.29) is 29.1 Å². The van der Waals surface area contributed by atoms with E-state index in [1.54, 1.807) is 22.6 Å². The molecule has 0 saturated heterocycles. The predicted molar refractivity (Wildman–Crippen MR) is 118 cm³/mol. The normalized spacial score (nSPS) is 28.4. The fourth-order valence-electron chi connectivity index (χ4n) is 5.75. The number of amides is 1. The lowest BCUT2D eigenvalue weighted by molar-refractivity contribution is -0.116. The van der Waals surface area contributed by atoms with Crippen LogP contribution >= 0.6 is 23.1 Å². The van der Waals surface area contributed by atoms with Gasteiger partial charge >= 0.3 is 4.87 Å². The molecule has 2 aliphatic carbocycles. The van der Waals surface area contributed by atoms with Crippen LogP contribution in [0.2, 0.25) is 0 Å². The second-order valence-corrected chi connectivity index (χ2v) is 10.8. The molecule has 6 rings (SSSR count). The first-order valence-corrected chi connectivity index (χ1v) is 12.3. The summed E-state index contributed by atoms with van der Waals surface area (Å²) in [7, 11) is 0. The van der Waals surface area contributed by atoms with Gasteiger partial charge in [-0.25, -0.2) is 4.39 Å². The molecule has 8 heteroatoms. The summed E-state index contributed by atoms with van der Waals surface area (Å²) < 4.78 is 20.6. The average molecular weight is 457 g/mol. The highest BCUT2D eigenvalue weighted by Crippen LogP contribution is 2.64. The number of halogens is 1. The fraction of sp³-hybridized carbons (Fsp3) is 0.391. The minimum absolute atomic E-state index is 0.0502. The maximum absolute atomic E-state index is 13.1. The Hall–Kier alpha value is -2.32. The van der Waals surface area contributed by atoms with Crippen LogP contribution in [0.3, 0.4) is 0 Å². The molecule has 31 heavy (non-hydrogen) atoms. The number of hydrogen-bond acceptors (Lipinski definition) is 5. The first-order chi connectivity index (χ1) is 15.1. The highest BCUT2D eigenvalue weighted by Gasteiger charge is 2.55. The van der Waals surface area contributed by atoms with Gasteiger partial charge in [0.05, 0.1) is 22.1 Å². The van der Waals surface area contributed by atoms with Crippen LogP contribution in [0.25, 0.3) is 0 Å². The molecule has 5 nitrogen and oxygen atoms in total. The fourth-order valence-corrected chi connectivity index (χ4v) is 8.88. The van der Waals surface area contributed by atoms with Crippen molar-refractivity contribution in [3.63, 3.8) is 0 Å². The Labute approximate surface area is 186 Å². The van der Waals surface area contributed by atoms with E-state index in [0.717, 1.165) is 15.7 Å². The van der Waals surface area contributed by atoms with Gasteiger partial charge in [-0.2, -0.15) is 0 Å². The zero-order valence-corrected chi connectivity index (χ0v) is 18.3. The van der Waals surface area contributed by atoms with Gasteiger partial charge < -0.3 is 9.73 Å². The zero-order chi connectivity index (χ0) is 21.1. The summed E-state index contributed by atoms with van der Waals surface area (Å²) in [6, 6.07) is 9.56. The highest BCUT2D eigenvalue weighted by atomic mass is 32.2. The molecule has 5 atom stereocenters. The summed E-state index contributed by atoms with van der Waals surface area (Å²) in [5.74, 6) is 2.20. The minimum atomic E-state index is -0.359. The lowest BCUT2D eigenvalue weighted by Gasteiger charge is -2.39. The van der Waals surface area contributed by atoms with E-state index in [0.29, 0.717) is 28.7 Å². The molecule has 2 bridgehead atoms. The molecule has 2 fully saturated rings. The van der Waals surface area contributed by atoms with Crippen LogP contribution in [0.1, 0.15) is 35.8 Å². The van der Waals surface area contributed by atoms with E-state index >= 15 is 0 Å². The topological polar surface area (TPSA) is 64.2 Å². The number of rotatable bonds is 4. The molecule has 1 N–H and O–H groups in total. The van der Waals surface area contributed by atoms with E-state index in [2.05, 4.69) is 5.32 Å². The van der Waals surface area contributed by atoms with E-state index in [1.807, 2.05) is 12.1 Å². The molecule has 2 saturated carbocycles. The number of aromatic nitrogens is 1. The first-order valence-electron chi connectivity index (χ1n) is 10.6. The maximum Gasteiger partial charge on any atom is 0.308 e. The molecule has 1 aromatic carbocycles. The minimum Gasteiger partial charge on any atom is -0.469 e. The Morgan fingerprint density at radius 3 is 2.77 bits per heavy atom. The van der Waals surface area contributed by atoms with Crippen LogP contribution in [-0.4, -0.2) is 15.7 Å². The predicted octanol–water partition coefficient (Wildman–Crippen LogP) is 4.93. The Bertz CT molecular complexity index is 1180. The number of anilines is 1. The van der Waals surface area contributed by atoms with Crippen molar-refractivity contribution in [1.29, 1.82) is 0 Å². The van der Waals surface area contributed by atoms with Crippen molar-refractivity contribution in [3.8, 4) is 0 Å². The SMILES string of the molecule is O=C(Cn1c2c(sc1=O)[C@H](c1ccco1)C1C3CCC(C3)C1S2)Nc1ccc(F)cc1. The molecule has 0 spiro atoms. The molecule has 1 amide bonds. The lowest BCUT2D eigenvalue weighted by atomic mass is 9.77. The van der Waals surface area contributed by atoms with Crippen LogP contribution in [0.4, 0.5) is 10.1 Å². The van der Waals surface area contributed by atoms with Crippen molar-refractivity contribution in [3.05, 3.63) is 68.8 Å². The van der Waals surface area contributed by atoms with Gasteiger partial charge in [-0.05, 0) is 73.4 Å². The molecule has 3 aromatic rings. The molecule has 160 valence electrons. The number of fused-ring (bicyclic) bond motifs is 6. The van der Waals surface area contributed by atoms with E-state index < -0.39 is 0 Å². The van der Waals surface area contributed by atoms with Gasteiger partial charge in [0.2, 0.25) is 5.91 Å². The van der Waals surface area contributed by atoms with Gasteiger partial charge in [0.1, 0.15) is 18.1 Å². The van der Waals surface area contributed by atoms with Gasteiger partial charge in [0.25, 0.3) is 0 Å². The van der Waals surface area contributed by atoms with Gasteiger partial charge in [0.15, 0.2) is 0 Å². The van der Waals surface area contributed by atoms with Gasteiger partial charge in [-0.1, -0.05) is 11.3 Å². The summed E-state index contributed by atoms with van der Waals surface area (Å²) in [6.07, 6.45) is 5.46. The van der Waals surface area contributed by atoms with Crippen LogP contribution in [0, 0.1) is 23.6 Å². The van der Waals surface area contributed by atoms with Crippen molar-refractivity contribution < 1.29 is 13.6 Å². The quantitative estimate of drug-likeness (QED) is 0.604. The molecule has 2 aromatic heterocycles. The Morgan fingerprint density at radius 2 is 2.00 bits per heavy atom. The van der Waals surface area contributed by atoms with Gasteiger partial charge in [0, 0.05) is 10.9 Å². The van der Waals surface area contributed by atoms with Crippen LogP contribution in [0.5, 0.6) is 0 Å². The Morgan fingerprint density at radius 1 is 1.19 bits per heavy atom. The number of nitrogens with zero attached hydrogens (tertiary/aromatic N) is 1. The second-order valence-electron chi connectivity index (χ2n) is 8.66. The van der Waals surface area contributed by atoms with Gasteiger partial charge in [-0.15, -0.1) is 11.8 Å². The van der Waals surface area contributed by atoms with Crippen molar-refractivity contribution in [2.75, 3.05) is 5.32 Å². The number of carbonyl (C=O) groups is 1. The largest absolute Gasteiger partial charge is 0.469 e. The summed E-state index contributed by atoms with van der Waals surface area (Å²) in [4.78, 5) is 26.6. The Kier molecular flexibility index (Phi) is 4.61. The van der Waals surface area contributed by atoms with E-state index in [4.69, 9.17) is 4.42 Å². The van der Waals surface area contributed by atoms with Crippen LogP contribution < -0.4 is 10.2 Å². The highest BCUT2D eigenvalue weighted by molar-refractivity contribution is 8.00. The number of furan rings is 1. The number of carbonyl (C=O) groups excluding carboxylic acids is 1. The maximum atomic E-state index is 13.1. The monoisotopic (exact) mass is 456 g/mol. The van der Waals surface area contributed by atoms with Crippen molar-refractivity contribution in [2.45, 2.75) is 42.0 Å². The number of thioether (sulfide) groups is 1. The third-order valence-electron chi connectivity index (χ3n) is 6.97. The molecule has 3 heterocycles. The molecule has 0 radical (unpaired) electrons. The third kappa shape index (κ3) is 3.19. The van der Waals surface area contributed by atoms with Crippen LogP contribution in [0.15, 0.2) is 56.9 Å². The standard InChI is InChI=1S/C23H21FN2O3S2/c24-14-5-7-15(8-6-14)25-17(27)11-26-22-21(31-23(26)28)19(16-2-1-9-29-16)18-12-3-4-13(10-12)20(18)30-22/h1-2,5-9,12-13,18-20H,3-4,10-11H2,(H,25,27)/t12?,13?,18?,19-,20?/m1/s1. The van der Waals surface area contributed by atoms with Crippen molar-refractivity contribution in [2.24, 2.45) is 17.8 Å². The Balaban J connectivity index is 1.34. The van der Waals surface area contributed by atoms with Crippen molar-refractivity contribution >= 4 is 34.7 Å². The lowest BCUT2D eigenvalue weighted by Crippen LogP contribution is -2.34. The molecular formula is C23H21FN2O3S2. The van der Waals surface area contributed by atoms with Crippen LogP contribution in [-0.2, 0) is 11.3 Å². The number of nitrogens with one attached hydrogen (secondary N) is 1. The molecule has 4 unspecified atom stereocenters. The number of hydrogen-bond donors (Lipinski definition) is 1. The van der Waals surface area contributed by atoms with Gasteiger partial charge in [-0.3, -0.25) is 14.2 Å². The zero-order valence-electron chi connectivity index (χ0n) is 16.6. The summed E-state index contributed by atoms with van der Waals surface area (Å²) in [5, 5.41) is 4.14. The third-order valence-corrected chi connectivity index (χ3v) is 9.80. The molecular weight excluding hydrogens is 435 g/mol.